The van der Waals surface area contributed by atoms with Gasteiger partial charge in [-0.2, -0.15) is 0 Å². The molecule has 1 aliphatic rings. The van der Waals surface area contributed by atoms with Crippen LogP contribution in [0.4, 0.5) is 0 Å². The minimum atomic E-state index is -0.169. The molecule has 0 aromatic rings. The van der Waals surface area contributed by atoms with Gasteiger partial charge in [-0.3, -0.25) is 0 Å². The molecule has 2 heteroatoms. The van der Waals surface area contributed by atoms with Gasteiger partial charge in [-0.1, -0.05) is 0 Å². The molecule has 0 aromatic carbocycles. The zero-order valence-corrected chi connectivity index (χ0v) is 5.22. The highest BCUT2D eigenvalue weighted by Gasteiger charge is 2.17. The molecule has 0 radical (unpaired) electrons. The van der Waals surface area contributed by atoms with Crippen molar-refractivity contribution in [2.75, 3.05) is 6.54 Å². The lowest BCUT2D eigenvalue weighted by atomic mass is 10.1. The molecule has 1 aliphatic heterocycles. The monoisotopic (exact) mass is 115 g/mol. The third-order valence-corrected chi connectivity index (χ3v) is 1.68. The zero-order valence-electron chi connectivity index (χ0n) is 5.22. The molecule has 1 rings (SSSR count). The average molecular weight is 115 g/mol. The summed E-state index contributed by atoms with van der Waals surface area (Å²) < 4.78 is 0. The molecular formula is C6H13NO. The second-order valence-electron chi connectivity index (χ2n) is 2.44. The Hall–Kier alpha value is -0.0800. The van der Waals surface area contributed by atoms with Gasteiger partial charge in [0.1, 0.15) is 0 Å². The van der Waals surface area contributed by atoms with E-state index in [0.717, 1.165) is 13.0 Å². The third kappa shape index (κ3) is 1.20. The van der Waals surface area contributed by atoms with E-state index in [9.17, 15) is 0 Å². The minimum absolute atomic E-state index is 0.169. The van der Waals surface area contributed by atoms with E-state index in [2.05, 4.69) is 5.32 Å². The molecule has 1 saturated heterocycles. The predicted octanol–water partition coefficient (Wildman–Crippen LogP) is 0.119. The van der Waals surface area contributed by atoms with Gasteiger partial charge in [-0.05, 0) is 26.3 Å². The summed E-state index contributed by atoms with van der Waals surface area (Å²) in [6.07, 6.45) is 2.19. The lowest BCUT2D eigenvalue weighted by Gasteiger charge is -2.11. The molecule has 48 valence electrons. The van der Waals surface area contributed by atoms with Crippen molar-refractivity contribution < 1.29 is 5.11 Å². The Labute approximate surface area is 49.9 Å². The second-order valence-corrected chi connectivity index (χ2v) is 2.44. The summed E-state index contributed by atoms with van der Waals surface area (Å²) >= 11 is 0. The Balaban J connectivity index is 2.24. The van der Waals surface area contributed by atoms with Crippen LogP contribution in [0, 0.1) is 0 Å². The largest absolute Gasteiger partial charge is 0.392 e. The predicted molar refractivity (Wildman–Crippen MR) is 32.7 cm³/mol. The molecule has 0 saturated carbocycles. The molecule has 0 bridgehead atoms. The van der Waals surface area contributed by atoms with Crippen LogP contribution in [0.3, 0.4) is 0 Å². The van der Waals surface area contributed by atoms with Crippen LogP contribution in [0.2, 0.25) is 0 Å². The lowest BCUT2D eigenvalue weighted by molar-refractivity contribution is 0.154. The molecule has 1 heterocycles. The third-order valence-electron chi connectivity index (χ3n) is 1.68. The quantitative estimate of drug-likeness (QED) is 0.508. The second kappa shape index (κ2) is 2.46. The van der Waals surface area contributed by atoms with Crippen LogP contribution in [0.1, 0.15) is 19.8 Å². The average Bonchev–Trinajstić information content (AvgIpc) is 2.12. The normalized spacial score (nSPS) is 33.0. The van der Waals surface area contributed by atoms with E-state index in [0.29, 0.717) is 6.04 Å². The summed E-state index contributed by atoms with van der Waals surface area (Å²) in [4.78, 5) is 0. The highest BCUT2D eigenvalue weighted by Crippen LogP contribution is 2.07. The topological polar surface area (TPSA) is 32.3 Å². The zero-order chi connectivity index (χ0) is 5.98. The first-order valence-corrected chi connectivity index (χ1v) is 3.22. The number of rotatable bonds is 1. The summed E-state index contributed by atoms with van der Waals surface area (Å²) in [6.45, 7) is 2.92. The van der Waals surface area contributed by atoms with Gasteiger partial charge < -0.3 is 10.4 Å². The summed E-state index contributed by atoms with van der Waals surface area (Å²) in [7, 11) is 0. The van der Waals surface area contributed by atoms with Crippen LogP contribution >= 0.6 is 0 Å². The van der Waals surface area contributed by atoms with Gasteiger partial charge in [0.05, 0.1) is 6.10 Å². The van der Waals surface area contributed by atoms with Crippen molar-refractivity contribution in [1.29, 1.82) is 0 Å². The maximum atomic E-state index is 8.99. The lowest BCUT2D eigenvalue weighted by Crippen LogP contribution is -2.32. The fourth-order valence-corrected chi connectivity index (χ4v) is 1.12. The van der Waals surface area contributed by atoms with Crippen molar-refractivity contribution in [3.05, 3.63) is 0 Å². The first-order valence-electron chi connectivity index (χ1n) is 3.22. The Morgan fingerprint density at radius 1 is 1.75 bits per heavy atom. The van der Waals surface area contributed by atoms with Crippen LogP contribution in [0.25, 0.3) is 0 Å². The molecule has 0 spiro atoms. The van der Waals surface area contributed by atoms with E-state index < -0.39 is 0 Å². The molecule has 2 N–H and O–H groups in total. The molecule has 0 amide bonds. The highest BCUT2D eigenvalue weighted by atomic mass is 16.3. The van der Waals surface area contributed by atoms with Gasteiger partial charge >= 0.3 is 0 Å². The first kappa shape index (κ1) is 6.05. The molecule has 1 unspecified atom stereocenters. The van der Waals surface area contributed by atoms with Crippen molar-refractivity contribution in [2.24, 2.45) is 0 Å². The molecule has 2 nitrogen and oxygen atoms in total. The first-order chi connectivity index (χ1) is 3.80. The van der Waals surface area contributed by atoms with Crippen molar-refractivity contribution in [1.82, 2.24) is 5.32 Å². The van der Waals surface area contributed by atoms with Crippen LogP contribution in [0.5, 0.6) is 0 Å². The van der Waals surface area contributed by atoms with Gasteiger partial charge in [0, 0.05) is 6.04 Å². The maximum absolute atomic E-state index is 8.99. The summed E-state index contributed by atoms with van der Waals surface area (Å²) in [6, 6.07) is 0.370. The minimum Gasteiger partial charge on any atom is -0.392 e. The standard InChI is InChI=1S/C6H13NO/c1-5(8)6-3-2-4-7-6/h5-8H,2-4H2,1H3/t5-,6?/m0/s1. The van der Waals surface area contributed by atoms with E-state index in [1.54, 1.807) is 0 Å². The maximum Gasteiger partial charge on any atom is 0.0665 e. The van der Waals surface area contributed by atoms with Crippen LogP contribution < -0.4 is 5.32 Å². The summed E-state index contributed by atoms with van der Waals surface area (Å²) in [5, 5.41) is 12.2. The van der Waals surface area contributed by atoms with Gasteiger partial charge in [0.2, 0.25) is 0 Å². The molecule has 0 aliphatic carbocycles. The Bertz CT molecular complexity index is 66.9. The van der Waals surface area contributed by atoms with Gasteiger partial charge in [-0.25, -0.2) is 0 Å². The fourth-order valence-electron chi connectivity index (χ4n) is 1.12. The van der Waals surface area contributed by atoms with E-state index >= 15 is 0 Å². The van der Waals surface area contributed by atoms with E-state index in [-0.39, 0.29) is 6.10 Å². The fraction of sp³-hybridized carbons (Fsp3) is 1.00. The molecule has 0 aromatic heterocycles. The Kier molecular flexibility index (Phi) is 1.86. The highest BCUT2D eigenvalue weighted by molar-refractivity contribution is 4.77. The number of nitrogens with one attached hydrogen (secondary N) is 1. The molecular weight excluding hydrogens is 102 g/mol. The van der Waals surface area contributed by atoms with Crippen LogP contribution in [-0.2, 0) is 0 Å². The SMILES string of the molecule is C[C@H](O)C1CCCN1. The number of hydrogen-bond donors (Lipinski definition) is 2. The Morgan fingerprint density at radius 3 is 2.75 bits per heavy atom. The molecule has 1 fully saturated rings. The van der Waals surface area contributed by atoms with Crippen molar-refractivity contribution in [3.8, 4) is 0 Å². The van der Waals surface area contributed by atoms with Crippen molar-refractivity contribution >= 4 is 0 Å². The van der Waals surface area contributed by atoms with E-state index in [1.165, 1.54) is 6.42 Å². The van der Waals surface area contributed by atoms with Crippen LogP contribution in [-0.4, -0.2) is 23.8 Å². The summed E-state index contributed by atoms with van der Waals surface area (Å²) in [5.41, 5.74) is 0. The van der Waals surface area contributed by atoms with Gasteiger partial charge in [0.25, 0.3) is 0 Å². The Morgan fingerprint density at radius 2 is 2.50 bits per heavy atom. The molecule has 8 heavy (non-hydrogen) atoms. The van der Waals surface area contributed by atoms with Crippen molar-refractivity contribution in [3.63, 3.8) is 0 Å². The molecule has 2 atom stereocenters. The van der Waals surface area contributed by atoms with Gasteiger partial charge in [0.15, 0.2) is 0 Å². The smallest absolute Gasteiger partial charge is 0.0665 e. The number of aliphatic hydroxyl groups is 1. The summed E-state index contributed by atoms with van der Waals surface area (Å²) in [5.74, 6) is 0. The van der Waals surface area contributed by atoms with Crippen molar-refractivity contribution in [2.45, 2.75) is 31.9 Å². The number of hydrogen-bond acceptors (Lipinski definition) is 2. The van der Waals surface area contributed by atoms with E-state index in [4.69, 9.17) is 5.11 Å². The van der Waals surface area contributed by atoms with E-state index in [1.807, 2.05) is 6.92 Å². The number of aliphatic hydroxyl groups excluding tert-OH is 1. The van der Waals surface area contributed by atoms with Gasteiger partial charge in [-0.15, -0.1) is 0 Å². The van der Waals surface area contributed by atoms with Crippen LogP contribution in [0.15, 0.2) is 0 Å².